The Balaban J connectivity index is 2.02. The number of aliphatic hydroxyl groups excluding tert-OH is 1. The highest BCUT2D eigenvalue weighted by molar-refractivity contribution is 6.23. The van der Waals surface area contributed by atoms with Crippen LogP contribution in [0, 0.1) is 17.3 Å². The average Bonchev–Trinajstić information content (AvgIpc) is 3.52. The molecular weight excluding hydrogens is 484 g/mol. The lowest BCUT2D eigenvalue weighted by Gasteiger charge is -2.53. The molecule has 2 heterocycles. The van der Waals surface area contributed by atoms with Gasteiger partial charge in [0.05, 0.1) is 29.4 Å². The minimum Gasteiger partial charge on any atom is -0.457 e. The highest BCUT2D eigenvalue weighted by atomic mass is 35.5. The van der Waals surface area contributed by atoms with Crippen molar-refractivity contribution in [3.63, 3.8) is 0 Å². The van der Waals surface area contributed by atoms with E-state index in [1.807, 2.05) is 0 Å². The Morgan fingerprint density at radius 2 is 1.94 bits per heavy atom. The van der Waals surface area contributed by atoms with Crippen molar-refractivity contribution in [3.8, 4) is 0 Å². The molecule has 1 saturated carbocycles. The molecule has 1 unspecified atom stereocenters. The topological polar surface area (TPSA) is 149 Å². The molecule has 0 aromatic carbocycles. The number of halogens is 1. The lowest BCUT2D eigenvalue weighted by molar-refractivity contribution is -0.226. The molecule has 2 aliphatic heterocycles. The lowest BCUT2D eigenvalue weighted by atomic mass is 9.55. The zero-order chi connectivity index (χ0) is 26.1. The van der Waals surface area contributed by atoms with Crippen LogP contribution in [0.25, 0.3) is 0 Å². The molecule has 10 atom stereocenters. The number of rotatable bonds is 3. The number of alkyl halides is 1. The van der Waals surface area contributed by atoms with Gasteiger partial charge in [-0.05, 0) is 26.3 Å². The Hall–Kier alpha value is -2.27. The minimum atomic E-state index is -2.28. The van der Waals surface area contributed by atoms with Crippen LogP contribution >= 0.6 is 11.6 Å². The molecule has 4 rings (SSSR count). The summed E-state index contributed by atoms with van der Waals surface area (Å²) in [4.78, 5) is 50.7. The number of ketones is 1. The van der Waals surface area contributed by atoms with Crippen molar-refractivity contribution in [2.24, 2.45) is 17.3 Å². The normalized spacial score (nSPS) is 46.6. The number of ether oxygens (including phenoxy) is 4. The summed E-state index contributed by atoms with van der Waals surface area (Å²) in [5.41, 5.74) is -4.90. The van der Waals surface area contributed by atoms with Crippen molar-refractivity contribution < 1.29 is 48.3 Å². The zero-order valence-electron chi connectivity index (χ0n) is 19.9. The molecular formula is C24H29ClO10. The van der Waals surface area contributed by atoms with Crippen molar-refractivity contribution in [2.45, 2.75) is 75.1 Å². The summed E-state index contributed by atoms with van der Waals surface area (Å²) in [5.74, 6) is -5.83. The van der Waals surface area contributed by atoms with E-state index in [-0.39, 0.29) is 12.5 Å². The van der Waals surface area contributed by atoms with Gasteiger partial charge in [-0.2, -0.15) is 0 Å². The van der Waals surface area contributed by atoms with E-state index in [2.05, 4.69) is 6.58 Å². The van der Waals surface area contributed by atoms with E-state index < -0.39 is 82.4 Å². The number of hydrogen-bond donors (Lipinski definition) is 2. The number of carbonyl (C=O) groups is 4. The lowest BCUT2D eigenvalue weighted by Crippen LogP contribution is -2.69. The highest BCUT2D eigenvalue weighted by Crippen LogP contribution is 2.59. The molecule has 0 bridgehead atoms. The first-order valence-electron chi connectivity index (χ1n) is 11.4. The molecule has 2 aliphatic carbocycles. The third kappa shape index (κ3) is 3.73. The minimum absolute atomic E-state index is 0.285. The molecule has 11 heteroatoms. The Morgan fingerprint density at radius 1 is 1.29 bits per heavy atom. The van der Waals surface area contributed by atoms with Crippen molar-refractivity contribution in [1.29, 1.82) is 0 Å². The van der Waals surface area contributed by atoms with Crippen molar-refractivity contribution in [2.75, 3.05) is 6.61 Å². The number of aliphatic hydroxyl groups is 2. The van der Waals surface area contributed by atoms with E-state index in [0.29, 0.717) is 5.57 Å². The number of carbonyl (C=O) groups excluding carboxylic acids is 4. The van der Waals surface area contributed by atoms with Gasteiger partial charge in [-0.1, -0.05) is 25.2 Å². The highest BCUT2D eigenvalue weighted by Gasteiger charge is 2.73. The average molecular weight is 513 g/mol. The predicted molar refractivity (Wildman–Crippen MR) is 119 cm³/mol. The molecule has 192 valence electrons. The molecule has 2 N–H and O–H groups in total. The fourth-order valence-electron chi connectivity index (χ4n) is 6.07. The zero-order valence-corrected chi connectivity index (χ0v) is 20.6. The number of esters is 3. The first-order chi connectivity index (χ1) is 16.2. The first-order valence-corrected chi connectivity index (χ1v) is 11.8. The van der Waals surface area contributed by atoms with Gasteiger partial charge in [0.1, 0.15) is 12.7 Å². The Kier molecular flexibility index (Phi) is 6.19. The van der Waals surface area contributed by atoms with Gasteiger partial charge in [0.25, 0.3) is 0 Å². The van der Waals surface area contributed by atoms with E-state index in [1.54, 1.807) is 13.0 Å². The predicted octanol–water partition coefficient (Wildman–Crippen LogP) is 0.601. The Morgan fingerprint density at radius 3 is 2.54 bits per heavy atom. The monoisotopic (exact) mass is 512 g/mol. The smallest absolute Gasteiger partial charge is 0.332 e. The number of epoxide rings is 1. The third-order valence-electron chi connectivity index (χ3n) is 7.91. The molecule has 3 fully saturated rings. The van der Waals surface area contributed by atoms with Gasteiger partial charge in [-0.25, -0.2) is 4.79 Å². The van der Waals surface area contributed by atoms with Gasteiger partial charge >= 0.3 is 17.9 Å². The number of fused-ring (bicyclic) bond motifs is 4. The van der Waals surface area contributed by atoms with Gasteiger partial charge < -0.3 is 29.2 Å². The number of hydrogen-bond acceptors (Lipinski definition) is 10. The van der Waals surface area contributed by atoms with E-state index >= 15 is 0 Å². The quantitative estimate of drug-likeness (QED) is 0.181. The summed E-state index contributed by atoms with van der Waals surface area (Å²) >= 11 is 6.66. The summed E-state index contributed by atoms with van der Waals surface area (Å²) in [6.07, 6.45) is -0.894. The summed E-state index contributed by atoms with van der Waals surface area (Å²) in [6.45, 7) is 8.56. The molecule has 0 aromatic heterocycles. The molecule has 0 aromatic rings. The van der Waals surface area contributed by atoms with Crippen LogP contribution in [0.4, 0.5) is 0 Å². The molecule has 0 spiro atoms. The van der Waals surface area contributed by atoms with Gasteiger partial charge in [0.15, 0.2) is 23.1 Å². The van der Waals surface area contributed by atoms with E-state index in [4.69, 9.17) is 30.5 Å². The second-order valence-electron chi connectivity index (χ2n) is 10.1. The second kappa shape index (κ2) is 8.40. The maximum Gasteiger partial charge on any atom is 0.332 e. The Bertz CT molecular complexity index is 1020. The molecule has 0 radical (unpaired) electrons. The van der Waals surface area contributed by atoms with Gasteiger partial charge in [-0.3, -0.25) is 14.4 Å². The van der Waals surface area contributed by atoms with E-state index in [1.165, 1.54) is 19.9 Å². The molecule has 0 amide bonds. The summed E-state index contributed by atoms with van der Waals surface area (Å²) in [5, 5.41) is 20.6. The van der Waals surface area contributed by atoms with Gasteiger partial charge in [0.2, 0.25) is 0 Å². The van der Waals surface area contributed by atoms with Crippen LogP contribution in [-0.4, -0.2) is 81.5 Å². The summed E-state index contributed by atoms with van der Waals surface area (Å²) in [6, 6.07) is 0. The van der Waals surface area contributed by atoms with Crippen LogP contribution < -0.4 is 0 Å². The Labute approximate surface area is 207 Å². The second-order valence-corrected chi connectivity index (χ2v) is 10.6. The summed E-state index contributed by atoms with van der Waals surface area (Å²) < 4.78 is 22.6. The van der Waals surface area contributed by atoms with Crippen LogP contribution in [-0.2, 0) is 38.1 Å². The molecule has 2 saturated heterocycles. The SMILES string of the molecule is C=C1C[C@H]2O[C@@H]2[C@@]2(C)C=CC(=O)[C@@](C)(OC(C)=O)[C@@H]2C(OC(=O)CO)[C@]2(O)[C@@H](C)C(=O)O[C@H]2[C@H]1Cl. The van der Waals surface area contributed by atoms with E-state index in [0.717, 1.165) is 6.92 Å². The van der Waals surface area contributed by atoms with Crippen molar-refractivity contribution in [1.82, 2.24) is 0 Å². The van der Waals surface area contributed by atoms with Crippen LogP contribution in [0.15, 0.2) is 24.3 Å². The summed E-state index contributed by atoms with van der Waals surface area (Å²) in [7, 11) is 0. The van der Waals surface area contributed by atoms with Crippen molar-refractivity contribution >= 4 is 35.3 Å². The standard InChI is InChI=1S/C24H29ClO10/c1-10-8-13-18(32-13)22(4)7-6-14(28)23(5,35-12(3)27)17(22)20(33-15(29)9-26)24(31)11(2)21(30)34-19(24)16(10)25/h6-7,11,13,16-20,26,31H,1,8-9H2,2-5H3/t11-,13+,16-,17+,18-,19-,20?,22-,23+,24-/m0/s1. The maximum absolute atomic E-state index is 13.3. The molecule has 35 heavy (non-hydrogen) atoms. The van der Waals surface area contributed by atoms with Crippen LogP contribution in [0.1, 0.15) is 34.1 Å². The van der Waals surface area contributed by atoms with Crippen LogP contribution in [0.2, 0.25) is 0 Å². The molecule has 4 aliphatic rings. The van der Waals surface area contributed by atoms with Gasteiger partial charge in [0, 0.05) is 12.3 Å². The van der Waals surface area contributed by atoms with Crippen LogP contribution in [0.3, 0.4) is 0 Å². The largest absolute Gasteiger partial charge is 0.457 e. The third-order valence-corrected chi connectivity index (χ3v) is 8.45. The van der Waals surface area contributed by atoms with Gasteiger partial charge in [-0.15, -0.1) is 11.6 Å². The molecule has 10 nitrogen and oxygen atoms in total. The van der Waals surface area contributed by atoms with Crippen LogP contribution in [0.5, 0.6) is 0 Å². The fourth-order valence-corrected chi connectivity index (χ4v) is 6.41. The maximum atomic E-state index is 13.3. The van der Waals surface area contributed by atoms with E-state index in [9.17, 15) is 29.4 Å². The fraction of sp³-hybridized carbons (Fsp3) is 0.667. The van der Waals surface area contributed by atoms with Crippen molar-refractivity contribution in [3.05, 3.63) is 24.3 Å². The first kappa shape index (κ1) is 25.8.